The van der Waals surface area contributed by atoms with Gasteiger partial charge in [-0.25, -0.2) is 4.39 Å². The maximum absolute atomic E-state index is 13.0. The van der Waals surface area contributed by atoms with Crippen LogP contribution in [0.5, 0.6) is 0 Å². The molecule has 5 nitrogen and oxygen atoms in total. The molecule has 0 aliphatic carbocycles. The van der Waals surface area contributed by atoms with Gasteiger partial charge >= 0.3 is 0 Å². The molecular weight excluding hydrogens is 311 g/mol. The Labute approximate surface area is 143 Å². The Morgan fingerprint density at radius 3 is 2.71 bits per heavy atom. The number of rotatable bonds is 9. The van der Waals surface area contributed by atoms with Gasteiger partial charge in [-0.05, 0) is 30.7 Å². The van der Waals surface area contributed by atoms with Crippen molar-refractivity contribution in [2.24, 2.45) is 11.1 Å². The predicted molar refractivity (Wildman–Crippen MR) is 91.6 cm³/mol. The number of ether oxygens (including phenoxy) is 1. The minimum absolute atomic E-state index is 0.0566. The van der Waals surface area contributed by atoms with E-state index in [9.17, 15) is 9.50 Å². The Bertz CT molecular complexity index is 534. The minimum Gasteiger partial charge on any atom is -0.390 e. The van der Waals surface area contributed by atoms with E-state index in [0.717, 1.165) is 11.3 Å². The molecule has 1 aliphatic heterocycles. The van der Waals surface area contributed by atoms with Gasteiger partial charge in [0.05, 0.1) is 18.4 Å². The molecule has 2 unspecified atom stereocenters. The van der Waals surface area contributed by atoms with Gasteiger partial charge in [0.25, 0.3) is 0 Å². The summed E-state index contributed by atoms with van der Waals surface area (Å²) in [5, 5.41) is 14.1. The fourth-order valence-electron chi connectivity index (χ4n) is 2.61. The quantitative estimate of drug-likeness (QED) is 0.751. The monoisotopic (exact) mass is 338 g/mol. The van der Waals surface area contributed by atoms with Gasteiger partial charge in [0.15, 0.2) is 0 Å². The van der Waals surface area contributed by atoms with Crippen LogP contribution in [-0.4, -0.2) is 61.3 Å². The minimum atomic E-state index is -0.521. The van der Waals surface area contributed by atoms with Gasteiger partial charge in [-0.2, -0.15) is 0 Å². The summed E-state index contributed by atoms with van der Waals surface area (Å²) in [4.78, 5) is 7.47. The van der Waals surface area contributed by atoms with Crippen molar-refractivity contribution < 1.29 is 19.1 Å². The fourth-order valence-corrected chi connectivity index (χ4v) is 2.61. The van der Waals surface area contributed by atoms with Crippen molar-refractivity contribution in [2.75, 3.05) is 33.4 Å². The van der Waals surface area contributed by atoms with Gasteiger partial charge in [-0.15, -0.1) is 0 Å². The van der Waals surface area contributed by atoms with Crippen molar-refractivity contribution in [1.29, 1.82) is 0 Å². The summed E-state index contributed by atoms with van der Waals surface area (Å²) < 4.78 is 18.4. The molecule has 0 saturated heterocycles. The Morgan fingerprint density at radius 1 is 1.33 bits per heavy atom. The highest BCUT2D eigenvalue weighted by Gasteiger charge is 2.24. The maximum atomic E-state index is 13.0. The maximum Gasteiger partial charge on any atom is 0.145 e. The molecule has 1 aromatic rings. The molecule has 6 heteroatoms. The Kier molecular flexibility index (Phi) is 7.15. The topological polar surface area (TPSA) is 54.3 Å². The zero-order valence-electron chi connectivity index (χ0n) is 14.6. The first-order chi connectivity index (χ1) is 11.4. The highest BCUT2D eigenvalue weighted by molar-refractivity contribution is 6.01. The number of likely N-dealkylation sites (N-methyl/N-ethyl adjacent to an activating group) is 1. The SMILES string of the molecule is CC(C)COCC(O)CN(C)CC1CC(c2ccc(F)cc2)=NO1. The average Bonchev–Trinajstić information content (AvgIpc) is 2.95. The molecule has 1 heterocycles. The first-order valence-corrected chi connectivity index (χ1v) is 8.37. The molecule has 0 saturated carbocycles. The van der Waals surface area contributed by atoms with Gasteiger partial charge in [0.2, 0.25) is 0 Å². The molecule has 1 aliphatic rings. The first kappa shape index (κ1) is 18.8. The van der Waals surface area contributed by atoms with Gasteiger partial charge in [-0.1, -0.05) is 31.1 Å². The summed E-state index contributed by atoms with van der Waals surface area (Å²) in [5.74, 6) is 0.201. The van der Waals surface area contributed by atoms with Crippen molar-refractivity contribution in [1.82, 2.24) is 4.90 Å². The molecule has 24 heavy (non-hydrogen) atoms. The average molecular weight is 338 g/mol. The zero-order valence-corrected chi connectivity index (χ0v) is 14.6. The van der Waals surface area contributed by atoms with Gasteiger partial charge in [-0.3, -0.25) is 4.90 Å². The smallest absolute Gasteiger partial charge is 0.145 e. The van der Waals surface area contributed by atoms with Crippen molar-refractivity contribution in [3.8, 4) is 0 Å². The zero-order chi connectivity index (χ0) is 17.5. The second-order valence-electron chi connectivity index (χ2n) is 6.78. The molecule has 2 atom stereocenters. The molecule has 134 valence electrons. The standard InChI is InChI=1S/C18H27FN2O3/c1-13(2)11-23-12-16(22)9-21(3)10-17-8-18(20-24-17)14-4-6-15(19)7-5-14/h4-7,13,16-17,22H,8-12H2,1-3H3. The van der Waals surface area contributed by atoms with E-state index < -0.39 is 6.10 Å². The fraction of sp³-hybridized carbons (Fsp3) is 0.611. The molecular formula is C18H27FN2O3. The first-order valence-electron chi connectivity index (χ1n) is 8.37. The van der Waals surface area contributed by atoms with E-state index in [4.69, 9.17) is 9.57 Å². The number of nitrogens with zero attached hydrogens (tertiary/aromatic N) is 2. The van der Waals surface area contributed by atoms with Crippen molar-refractivity contribution in [3.05, 3.63) is 35.6 Å². The number of benzene rings is 1. The second-order valence-corrected chi connectivity index (χ2v) is 6.78. The lowest BCUT2D eigenvalue weighted by Crippen LogP contribution is -2.37. The highest BCUT2D eigenvalue weighted by Crippen LogP contribution is 2.17. The molecule has 0 amide bonds. The van der Waals surface area contributed by atoms with Crippen LogP contribution < -0.4 is 0 Å². The molecule has 0 spiro atoms. The number of aliphatic hydroxyl groups is 1. The van der Waals surface area contributed by atoms with Crippen LogP contribution in [0.1, 0.15) is 25.8 Å². The lowest BCUT2D eigenvalue weighted by molar-refractivity contribution is 0.000361. The summed E-state index contributed by atoms with van der Waals surface area (Å²) in [7, 11) is 1.94. The van der Waals surface area contributed by atoms with Crippen LogP contribution in [0, 0.1) is 11.7 Å². The van der Waals surface area contributed by atoms with Crippen molar-refractivity contribution >= 4 is 5.71 Å². The molecule has 1 N–H and O–H groups in total. The van der Waals surface area contributed by atoms with Crippen LogP contribution in [0.15, 0.2) is 29.4 Å². The van der Waals surface area contributed by atoms with Crippen LogP contribution in [0.3, 0.4) is 0 Å². The van der Waals surface area contributed by atoms with Crippen LogP contribution in [-0.2, 0) is 9.57 Å². The van der Waals surface area contributed by atoms with E-state index in [1.54, 1.807) is 12.1 Å². The van der Waals surface area contributed by atoms with Gasteiger partial charge in [0.1, 0.15) is 11.9 Å². The largest absolute Gasteiger partial charge is 0.390 e. The molecule has 2 rings (SSSR count). The Balaban J connectivity index is 1.70. The van der Waals surface area contributed by atoms with E-state index in [1.165, 1.54) is 12.1 Å². The van der Waals surface area contributed by atoms with E-state index in [0.29, 0.717) is 38.6 Å². The van der Waals surface area contributed by atoms with Gasteiger partial charge in [0, 0.05) is 26.1 Å². The summed E-state index contributed by atoms with van der Waals surface area (Å²) >= 11 is 0. The summed E-state index contributed by atoms with van der Waals surface area (Å²) in [5.41, 5.74) is 1.71. The van der Waals surface area contributed by atoms with E-state index in [-0.39, 0.29) is 11.9 Å². The molecule has 1 aromatic carbocycles. The number of aliphatic hydroxyl groups excluding tert-OH is 1. The van der Waals surface area contributed by atoms with Crippen molar-refractivity contribution in [3.63, 3.8) is 0 Å². The lowest BCUT2D eigenvalue weighted by atomic mass is 10.0. The molecule has 0 fully saturated rings. The normalized spacial score (nSPS) is 18.8. The molecule has 0 radical (unpaired) electrons. The summed E-state index contributed by atoms with van der Waals surface area (Å²) in [6, 6.07) is 6.26. The third-order valence-electron chi connectivity index (χ3n) is 3.71. The Morgan fingerprint density at radius 2 is 2.04 bits per heavy atom. The third-order valence-corrected chi connectivity index (χ3v) is 3.71. The third kappa shape index (κ3) is 6.19. The van der Waals surface area contributed by atoms with E-state index in [2.05, 4.69) is 19.0 Å². The second kappa shape index (κ2) is 9.11. The number of oxime groups is 1. The van der Waals surface area contributed by atoms with E-state index >= 15 is 0 Å². The van der Waals surface area contributed by atoms with Crippen LogP contribution >= 0.6 is 0 Å². The van der Waals surface area contributed by atoms with Crippen LogP contribution in [0.25, 0.3) is 0 Å². The predicted octanol–water partition coefficient (Wildman–Crippen LogP) is 2.28. The van der Waals surface area contributed by atoms with Gasteiger partial charge < -0.3 is 14.7 Å². The highest BCUT2D eigenvalue weighted by atomic mass is 19.1. The van der Waals surface area contributed by atoms with E-state index in [1.807, 2.05) is 11.9 Å². The molecule has 0 aromatic heterocycles. The summed E-state index contributed by atoms with van der Waals surface area (Å²) in [6.07, 6.45) is 0.0992. The molecule has 0 bridgehead atoms. The Hall–Kier alpha value is -1.50. The number of hydrogen-bond acceptors (Lipinski definition) is 5. The number of hydrogen-bond donors (Lipinski definition) is 1. The summed E-state index contributed by atoms with van der Waals surface area (Å²) in [6.45, 7) is 6.33. The lowest BCUT2D eigenvalue weighted by Gasteiger charge is -2.22. The van der Waals surface area contributed by atoms with Crippen LogP contribution in [0.4, 0.5) is 4.39 Å². The van der Waals surface area contributed by atoms with Crippen molar-refractivity contribution in [2.45, 2.75) is 32.5 Å². The number of halogens is 1. The van der Waals surface area contributed by atoms with Crippen LogP contribution in [0.2, 0.25) is 0 Å².